The molecule has 142 valence electrons. The molecule has 1 saturated heterocycles. The highest BCUT2D eigenvalue weighted by molar-refractivity contribution is 5.78. The molecule has 3 rings (SSSR count). The highest BCUT2D eigenvalue weighted by Gasteiger charge is 2.26. The average molecular weight is 358 g/mol. The second-order valence-electron chi connectivity index (χ2n) is 7.16. The molecule has 1 fully saturated rings. The number of amides is 3. The Kier molecular flexibility index (Phi) is 6.50. The van der Waals surface area contributed by atoms with Crippen molar-refractivity contribution in [2.24, 2.45) is 0 Å². The normalized spacial score (nSPS) is 19.1. The van der Waals surface area contributed by atoms with Crippen LogP contribution in [0.25, 0.3) is 0 Å². The second kappa shape index (κ2) is 9.03. The SMILES string of the molecule is CCCN(C(=O)CCNC(=O)N1CCc2ccccc2C1)C1CCNC1. The van der Waals surface area contributed by atoms with E-state index in [0.717, 1.165) is 45.4 Å². The maximum atomic E-state index is 12.6. The van der Waals surface area contributed by atoms with Crippen molar-refractivity contribution in [2.45, 2.75) is 45.2 Å². The number of nitrogens with one attached hydrogen (secondary N) is 2. The summed E-state index contributed by atoms with van der Waals surface area (Å²) < 4.78 is 0. The van der Waals surface area contributed by atoms with Gasteiger partial charge in [0.05, 0.1) is 0 Å². The van der Waals surface area contributed by atoms with E-state index in [0.29, 0.717) is 25.6 Å². The van der Waals surface area contributed by atoms with Crippen LogP contribution in [0, 0.1) is 0 Å². The van der Waals surface area contributed by atoms with E-state index in [4.69, 9.17) is 0 Å². The fraction of sp³-hybridized carbons (Fsp3) is 0.600. The predicted octanol–water partition coefficient (Wildman–Crippen LogP) is 1.74. The molecule has 0 bridgehead atoms. The molecule has 3 amide bonds. The number of fused-ring (bicyclic) bond motifs is 1. The monoisotopic (exact) mass is 358 g/mol. The summed E-state index contributed by atoms with van der Waals surface area (Å²) in [6.45, 7) is 6.52. The van der Waals surface area contributed by atoms with Crippen molar-refractivity contribution < 1.29 is 9.59 Å². The molecule has 2 aliphatic rings. The van der Waals surface area contributed by atoms with Crippen LogP contribution in [0.5, 0.6) is 0 Å². The van der Waals surface area contributed by atoms with E-state index in [1.54, 1.807) is 0 Å². The van der Waals surface area contributed by atoms with Gasteiger partial charge in [0.15, 0.2) is 0 Å². The third-order valence-electron chi connectivity index (χ3n) is 5.29. The van der Waals surface area contributed by atoms with Crippen molar-refractivity contribution in [2.75, 3.05) is 32.7 Å². The third-order valence-corrected chi connectivity index (χ3v) is 5.29. The molecule has 2 heterocycles. The molecule has 1 unspecified atom stereocenters. The van der Waals surface area contributed by atoms with Crippen molar-refractivity contribution >= 4 is 11.9 Å². The van der Waals surface area contributed by atoms with Crippen LogP contribution in [0.4, 0.5) is 4.79 Å². The van der Waals surface area contributed by atoms with Crippen molar-refractivity contribution in [1.82, 2.24) is 20.4 Å². The summed E-state index contributed by atoms with van der Waals surface area (Å²) >= 11 is 0. The summed E-state index contributed by atoms with van der Waals surface area (Å²) in [4.78, 5) is 28.8. The van der Waals surface area contributed by atoms with Gasteiger partial charge in [-0.25, -0.2) is 4.79 Å². The summed E-state index contributed by atoms with van der Waals surface area (Å²) in [6.07, 6.45) is 3.24. The Balaban J connectivity index is 1.45. The molecule has 6 heteroatoms. The molecular weight excluding hydrogens is 328 g/mol. The number of nitrogens with zero attached hydrogens (tertiary/aromatic N) is 2. The van der Waals surface area contributed by atoms with Gasteiger partial charge < -0.3 is 20.4 Å². The first-order valence-corrected chi connectivity index (χ1v) is 9.78. The Labute approximate surface area is 155 Å². The van der Waals surface area contributed by atoms with E-state index in [-0.39, 0.29) is 11.9 Å². The average Bonchev–Trinajstić information content (AvgIpc) is 3.19. The highest BCUT2D eigenvalue weighted by Crippen LogP contribution is 2.18. The van der Waals surface area contributed by atoms with Gasteiger partial charge in [0, 0.05) is 45.2 Å². The van der Waals surface area contributed by atoms with Crippen LogP contribution >= 0.6 is 0 Å². The number of hydrogen-bond acceptors (Lipinski definition) is 3. The van der Waals surface area contributed by atoms with Crippen LogP contribution in [0.1, 0.15) is 37.3 Å². The molecule has 1 aromatic carbocycles. The minimum absolute atomic E-state index is 0.0723. The standard InChI is InChI=1S/C20H30N4O2/c1-2-12-24(18-7-10-21-14-18)19(25)8-11-22-20(26)23-13-9-16-5-3-4-6-17(16)15-23/h3-6,18,21H,2,7-15H2,1H3,(H,22,26). The van der Waals surface area contributed by atoms with Crippen molar-refractivity contribution in [1.29, 1.82) is 0 Å². The van der Waals surface area contributed by atoms with Gasteiger partial charge in [0.1, 0.15) is 0 Å². The summed E-state index contributed by atoms with van der Waals surface area (Å²) in [5.41, 5.74) is 2.54. The van der Waals surface area contributed by atoms with E-state index in [9.17, 15) is 9.59 Å². The van der Waals surface area contributed by atoms with Crippen molar-refractivity contribution in [3.63, 3.8) is 0 Å². The summed E-state index contributed by atoms with van der Waals surface area (Å²) in [7, 11) is 0. The molecule has 2 N–H and O–H groups in total. The zero-order chi connectivity index (χ0) is 18.4. The lowest BCUT2D eigenvalue weighted by Gasteiger charge is -2.30. The Morgan fingerprint density at radius 1 is 1.31 bits per heavy atom. The maximum Gasteiger partial charge on any atom is 0.317 e. The maximum absolute atomic E-state index is 12.6. The van der Waals surface area contributed by atoms with Gasteiger partial charge in [-0.2, -0.15) is 0 Å². The summed E-state index contributed by atoms with van der Waals surface area (Å²) in [5, 5.41) is 6.25. The van der Waals surface area contributed by atoms with Gasteiger partial charge >= 0.3 is 6.03 Å². The number of carbonyl (C=O) groups excluding carboxylic acids is 2. The van der Waals surface area contributed by atoms with Gasteiger partial charge in [-0.1, -0.05) is 31.2 Å². The zero-order valence-corrected chi connectivity index (χ0v) is 15.7. The minimum atomic E-state index is -0.0723. The first-order valence-electron chi connectivity index (χ1n) is 9.78. The number of benzene rings is 1. The first-order chi connectivity index (χ1) is 12.7. The molecule has 0 aliphatic carbocycles. The minimum Gasteiger partial charge on any atom is -0.338 e. The Morgan fingerprint density at radius 2 is 2.12 bits per heavy atom. The van der Waals surface area contributed by atoms with Crippen LogP contribution < -0.4 is 10.6 Å². The summed E-state index contributed by atoms with van der Waals surface area (Å²) in [6, 6.07) is 8.50. The lowest BCUT2D eigenvalue weighted by Crippen LogP contribution is -2.45. The molecule has 0 radical (unpaired) electrons. The van der Waals surface area contributed by atoms with E-state index < -0.39 is 0 Å². The quantitative estimate of drug-likeness (QED) is 0.814. The zero-order valence-electron chi connectivity index (χ0n) is 15.7. The fourth-order valence-electron chi connectivity index (χ4n) is 3.86. The topological polar surface area (TPSA) is 64.7 Å². The van der Waals surface area contributed by atoms with Crippen LogP contribution in [0.3, 0.4) is 0 Å². The van der Waals surface area contributed by atoms with Gasteiger partial charge in [-0.3, -0.25) is 4.79 Å². The van der Waals surface area contributed by atoms with E-state index in [1.807, 2.05) is 21.9 Å². The van der Waals surface area contributed by atoms with E-state index in [2.05, 4.69) is 29.7 Å². The lowest BCUT2D eigenvalue weighted by atomic mass is 10.0. The molecule has 0 saturated carbocycles. The molecule has 26 heavy (non-hydrogen) atoms. The molecule has 1 aromatic rings. The van der Waals surface area contributed by atoms with E-state index in [1.165, 1.54) is 11.1 Å². The largest absolute Gasteiger partial charge is 0.338 e. The number of rotatable bonds is 6. The van der Waals surface area contributed by atoms with Gasteiger partial charge in [-0.05, 0) is 36.9 Å². The van der Waals surface area contributed by atoms with E-state index >= 15 is 0 Å². The number of urea groups is 1. The number of carbonyl (C=O) groups is 2. The molecule has 0 spiro atoms. The fourth-order valence-corrected chi connectivity index (χ4v) is 3.86. The predicted molar refractivity (Wildman–Crippen MR) is 102 cm³/mol. The molecular formula is C20H30N4O2. The van der Waals surface area contributed by atoms with Crippen molar-refractivity contribution in [3.8, 4) is 0 Å². The number of hydrogen-bond donors (Lipinski definition) is 2. The second-order valence-corrected chi connectivity index (χ2v) is 7.16. The van der Waals surface area contributed by atoms with Crippen LogP contribution in [-0.2, 0) is 17.8 Å². The third kappa shape index (κ3) is 4.55. The van der Waals surface area contributed by atoms with Gasteiger partial charge in [-0.15, -0.1) is 0 Å². The summed E-state index contributed by atoms with van der Waals surface area (Å²) in [5.74, 6) is 0.143. The Hall–Kier alpha value is -2.08. The first kappa shape index (κ1) is 18.7. The Bertz CT molecular complexity index is 628. The van der Waals surface area contributed by atoms with Crippen molar-refractivity contribution in [3.05, 3.63) is 35.4 Å². The molecule has 6 nitrogen and oxygen atoms in total. The Morgan fingerprint density at radius 3 is 2.85 bits per heavy atom. The van der Waals surface area contributed by atoms with Gasteiger partial charge in [0.25, 0.3) is 0 Å². The van der Waals surface area contributed by atoms with Gasteiger partial charge in [0.2, 0.25) is 5.91 Å². The van der Waals surface area contributed by atoms with Crippen LogP contribution in [0.2, 0.25) is 0 Å². The van der Waals surface area contributed by atoms with Crippen LogP contribution in [-0.4, -0.2) is 60.5 Å². The van der Waals surface area contributed by atoms with Crippen LogP contribution in [0.15, 0.2) is 24.3 Å². The smallest absolute Gasteiger partial charge is 0.317 e. The highest BCUT2D eigenvalue weighted by atomic mass is 16.2. The molecule has 0 aromatic heterocycles. The molecule has 1 atom stereocenters. The molecule has 2 aliphatic heterocycles. The lowest BCUT2D eigenvalue weighted by molar-refractivity contribution is -0.133.